The van der Waals surface area contributed by atoms with Crippen molar-refractivity contribution in [1.29, 1.82) is 0 Å². The van der Waals surface area contributed by atoms with E-state index in [1.807, 2.05) is 24.3 Å². The van der Waals surface area contributed by atoms with Crippen molar-refractivity contribution in [3.8, 4) is 0 Å². The molecule has 0 spiro atoms. The summed E-state index contributed by atoms with van der Waals surface area (Å²) in [6.45, 7) is 4.97. The summed E-state index contributed by atoms with van der Waals surface area (Å²) in [6, 6.07) is 14.3. The van der Waals surface area contributed by atoms with Crippen LogP contribution >= 0.6 is 11.6 Å². The maximum Gasteiger partial charge on any atom is 0.0766 e. The van der Waals surface area contributed by atoms with Crippen LogP contribution in [0.4, 0.5) is 5.69 Å². The van der Waals surface area contributed by atoms with Gasteiger partial charge in [0.1, 0.15) is 0 Å². The number of aromatic nitrogens is 1. The van der Waals surface area contributed by atoms with Gasteiger partial charge in [0.25, 0.3) is 0 Å². The first-order valence-electron chi connectivity index (χ1n) is 6.98. The zero-order valence-electron chi connectivity index (χ0n) is 12.2. The molecule has 0 aliphatic heterocycles. The number of rotatable bonds is 3. The topological polar surface area (TPSA) is 24.9 Å². The Bertz CT molecular complexity index is 796. The zero-order chi connectivity index (χ0) is 14.8. The van der Waals surface area contributed by atoms with Gasteiger partial charge in [0.2, 0.25) is 0 Å². The third-order valence-corrected chi connectivity index (χ3v) is 4.12. The number of aryl methyl sites for hydroxylation is 2. The first-order valence-corrected chi connectivity index (χ1v) is 7.36. The Morgan fingerprint density at radius 1 is 1.05 bits per heavy atom. The summed E-state index contributed by atoms with van der Waals surface area (Å²) < 4.78 is 0. The van der Waals surface area contributed by atoms with Gasteiger partial charge in [-0.2, -0.15) is 0 Å². The highest BCUT2D eigenvalue weighted by molar-refractivity contribution is 6.35. The minimum atomic E-state index is 0.729. The van der Waals surface area contributed by atoms with Crippen LogP contribution < -0.4 is 5.32 Å². The highest BCUT2D eigenvalue weighted by Gasteiger charge is 2.05. The predicted octanol–water partition coefficient (Wildman–Crippen LogP) is 5.12. The number of nitrogens with one attached hydrogen (secondary N) is 1. The van der Waals surface area contributed by atoms with E-state index in [-0.39, 0.29) is 0 Å². The van der Waals surface area contributed by atoms with Gasteiger partial charge in [-0.1, -0.05) is 23.7 Å². The molecule has 0 aliphatic rings. The van der Waals surface area contributed by atoms with Gasteiger partial charge in [-0.05, 0) is 60.9 Å². The second-order valence-corrected chi connectivity index (χ2v) is 5.67. The van der Waals surface area contributed by atoms with E-state index in [1.165, 1.54) is 11.1 Å². The van der Waals surface area contributed by atoms with E-state index in [1.54, 1.807) is 6.20 Å². The highest BCUT2D eigenvalue weighted by Crippen LogP contribution is 2.25. The van der Waals surface area contributed by atoms with E-state index in [0.717, 1.165) is 33.7 Å². The molecular formula is C18H17ClN2. The van der Waals surface area contributed by atoms with E-state index in [4.69, 9.17) is 11.6 Å². The average molecular weight is 297 g/mol. The van der Waals surface area contributed by atoms with E-state index < -0.39 is 0 Å². The SMILES string of the molecule is Cc1ccc(NCc2ccc(Cl)c3cccnc23)cc1C. The monoisotopic (exact) mass is 296 g/mol. The molecular weight excluding hydrogens is 280 g/mol. The molecule has 0 radical (unpaired) electrons. The van der Waals surface area contributed by atoms with Crippen LogP contribution in [-0.2, 0) is 6.54 Å². The van der Waals surface area contributed by atoms with Gasteiger partial charge in [-0.15, -0.1) is 0 Å². The molecule has 1 heterocycles. The third-order valence-electron chi connectivity index (χ3n) is 3.79. The van der Waals surface area contributed by atoms with Gasteiger partial charge >= 0.3 is 0 Å². The molecule has 3 heteroatoms. The second kappa shape index (κ2) is 5.74. The Morgan fingerprint density at radius 2 is 1.90 bits per heavy atom. The maximum atomic E-state index is 6.22. The Balaban J connectivity index is 1.88. The van der Waals surface area contributed by atoms with Crippen molar-refractivity contribution in [3.05, 3.63) is 70.4 Å². The number of hydrogen-bond acceptors (Lipinski definition) is 2. The van der Waals surface area contributed by atoms with Crippen LogP contribution in [0.2, 0.25) is 5.02 Å². The Morgan fingerprint density at radius 3 is 2.71 bits per heavy atom. The van der Waals surface area contributed by atoms with Crippen molar-refractivity contribution in [2.24, 2.45) is 0 Å². The summed E-state index contributed by atoms with van der Waals surface area (Å²) in [5, 5.41) is 5.20. The van der Waals surface area contributed by atoms with Gasteiger partial charge in [0.05, 0.1) is 5.52 Å². The second-order valence-electron chi connectivity index (χ2n) is 5.26. The molecule has 0 unspecified atom stereocenters. The summed E-state index contributed by atoms with van der Waals surface area (Å²) in [5.74, 6) is 0. The fourth-order valence-corrected chi connectivity index (χ4v) is 2.60. The summed E-state index contributed by atoms with van der Waals surface area (Å²) in [6.07, 6.45) is 1.80. The number of anilines is 1. The number of benzene rings is 2. The first-order chi connectivity index (χ1) is 10.1. The molecule has 0 atom stereocenters. The molecule has 0 amide bonds. The van der Waals surface area contributed by atoms with Crippen LogP contribution in [0.25, 0.3) is 10.9 Å². The quantitative estimate of drug-likeness (QED) is 0.726. The molecule has 3 aromatic rings. The highest BCUT2D eigenvalue weighted by atomic mass is 35.5. The maximum absolute atomic E-state index is 6.22. The lowest BCUT2D eigenvalue weighted by Crippen LogP contribution is -2.01. The Labute approximate surface area is 129 Å². The zero-order valence-corrected chi connectivity index (χ0v) is 12.9. The lowest BCUT2D eigenvalue weighted by Gasteiger charge is -2.11. The minimum absolute atomic E-state index is 0.729. The number of hydrogen-bond donors (Lipinski definition) is 1. The predicted molar refractivity (Wildman–Crippen MR) is 90.0 cm³/mol. The Hall–Kier alpha value is -2.06. The van der Waals surface area contributed by atoms with Crippen LogP contribution in [0.15, 0.2) is 48.7 Å². The molecule has 0 saturated heterocycles. The Kier molecular flexibility index (Phi) is 3.80. The molecule has 0 bridgehead atoms. The average Bonchev–Trinajstić information content (AvgIpc) is 2.50. The molecule has 1 N–H and O–H groups in total. The van der Waals surface area contributed by atoms with Gasteiger partial charge in [-0.25, -0.2) is 0 Å². The lowest BCUT2D eigenvalue weighted by atomic mass is 10.1. The molecule has 2 nitrogen and oxygen atoms in total. The first kappa shape index (κ1) is 13.9. The molecule has 106 valence electrons. The molecule has 0 fully saturated rings. The van der Waals surface area contributed by atoms with Crippen molar-refractivity contribution in [3.63, 3.8) is 0 Å². The molecule has 21 heavy (non-hydrogen) atoms. The van der Waals surface area contributed by atoms with E-state index >= 15 is 0 Å². The van der Waals surface area contributed by atoms with Crippen LogP contribution in [0, 0.1) is 13.8 Å². The molecule has 0 saturated carbocycles. The third kappa shape index (κ3) is 2.86. The van der Waals surface area contributed by atoms with E-state index in [9.17, 15) is 0 Å². The lowest BCUT2D eigenvalue weighted by molar-refractivity contribution is 1.15. The fraction of sp³-hybridized carbons (Fsp3) is 0.167. The molecule has 1 aromatic heterocycles. The van der Waals surface area contributed by atoms with Gasteiger partial charge in [0, 0.05) is 28.8 Å². The summed E-state index contributed by atoms with van der Waals surface area (Å²) in [5.41, 5.74) is 5.82. The minimum Gasteiger partial charge on any atom is -0.381 e. The van der Waals surface area contributed by atoms with Gasteiger partial charge < -0.3 is 5.32 Å². The smallest absolute Gasteiger partial charge is 0.0766 e. The number of pyridine rings is 1. The number of nitrogens with zero attached hydrogens (tertiary/aromatic N) is 1. The standard InChI is InChI=1S/C18H17ClN2/c1-12-5-7-15(10-13(12)2)21-11-14-6-8-17(19)16-4-3-9-20-18(14)16/h3-10,21H,11H2,1-2H3. The van der Waals surface area contributed by atoms with E-state index in [0.29, 0.717) is 0 Å². The van der Waals surface area contributed by atoms with Gasteiger partial charge in [-0.3, -0.25) is 4.98 Å². The largest absolute Gasteiger partial charge is 0.381 e. The summed E-state index contributed by atoms with van der Waals surface area (Å²) in [7, 11) is 0. The normalized spacial score (nSPS) is 10.8. The van der Waals surface area contributed by atoms with Crippen LogP contribution in [0.5, 0.6) is 0 Å². The van der Waals surface area contributed by atoms with Gasteiger partial charge in [0.15, 0.2) is 0 Å². The van der Waals surface area contributed by atoms with Crippen molar-refractivity contribution in [2.75, 3.05) is 5.32 Å². The molecule has 2 aromatic carbocycles. The fourth-order valence-electron chi connectivity index (χ4n) is 2.39. The van der Waals surface area contributed by atoms with Crippen molar-refractivity contribution >= 4 is 28.2 Å². The van der Waals surface area contributed by atoms with Crippen molar-refractivity contribution in [1.82, 2.24) is 4.98 Å². The van der Waals surface area contributed by atoms with Crippen LogP contribution in [0.1, 0.15) is 16.7 Å². The van der Waals surface area contributed by atoms with Crippen molar-refractivity contribution in [2.45, 2.75) is 20.4 Å². The summed E-state index contributed by atoms with van der Waals surface area (Å²) >= 11 is 6.22. The molecule has 0 aliphatic carbocycles. The van der Waals surface area contributed by atoms with Crippen LogP contribution in [0.3, 0.4) is 0 Å². The summed E-state index contributed by atoms with van der Waals surface area (Å²) in [4.78, 5) is 4.46. The molecule has 3 rings (SSSR count). The number of halogens is 1. The van der Waals surface area contributed by atoms with Crippen LogP contribution in [-0.4, -0.2) is 4.98 Å². The van der Waals surface area contributed by atoms with E-state index in [2.05, 4.69) is 42.3 Å². The number of fused-ring (bicyclic) bond motifs is 1. The van der Waals surface area contributed by atoms with Crippen molar-refractivity contribution < 1.29 is 0 Å².